The molecule has 8 heteroatoms. The molecule has 0 unspecified atom stereocenters. The minimum absolute atomic E-state index is 0.0195. The first-order valence-corrected chi connectivity index (χ1v) is 8.28. The summed E-state index contributed by atoms with van der Waals surface area (Å²) in [5.41, 5.74) is -0.215. The zero-order valence-electron chi connectivity index (χ0n) is 12.2. The van der Waals surface area contributed by atoms with E-state index in [0.717, 1.165) is 23.9 Å². The smallest absolute Gasteiger partial charge is 0.325 e. The van der Waals surface area contributed by atoms with E-state index in [1.54, 1.807) is 6.07 Å². The van der Waals surface area contributed by atoms with Crippen molar-refractivity contribution in [3.8, 4) is 0 Å². The maximum Gasteiger partial charge on any atom is 0.416 e. The lowest BCUT2D eigenvalue weighted by Gasteiger charge is -2.09. The lowest BCUT2D eigenvalue weighted by molar-refractivity contribution is -0.137. The summed E-state index contributed by atoms with van der Waals surface area (Å²) < 4.78 is 50.9. The van der Waals surface area contributed by atoms with Gasteiger partial charge in [-0.25, -0.2) is 4.39 Å². The van der Waals surface area contributed by atoms with Crippen LogP contribution in [0.15, 0.2) is 42.5 Å². The van der Waals surface area contributed by atoms with Gasteiger partial charge in [-0.15, -0.1) is 11.8 Å². The Hall–Kier alpha value is -1.73. The number of anilines is 1. The Morgan fingerprint density at radius 3 is 2.38 bits per heavy atom. The molecule has 1 amide bonds. The molecule has 24 heavy (non-hydrogen) atoms. The van der Waals surface area contributed by atoms with E-state index in [-0.39, 0.29) is 22.2 Å². The quantitative estimate of drug-likeness (QED) is 0.710. The second kappa shape index (κ2) is 7.90. The van der Waals surface area contributed by atoms with Crippen LogP contribution in [0.25, 0.3) is 0 Å². The van der Waals surface area contributed by atoms with Crippen LogP contribution >= 0.6 is 23.4 Å². The molecule has 0 aliphatic carbocycles. The van der Waals surface area contributed by atoms with Gasteiger partial charge in [0, 0.05) is 22.0 Å². The highest BCUT2D eigenvalue weighted by atomic mass is 35.5. The molecule has 0 heterocycles. The van der Waals surface area contributed by atoms with Gasteiger partial charge in [0.15, 0.2) is 0 Å². The molecule has 0 aliphatic heterocycles. The fourth-order valence-electron chi connectivity index (χ4n) is 1.86. The number of hydrogen-bond acceptors (Lipinski definition) is 2. The minimum Gasteiger partial charge on any atom is -0.325 e. The first-order chi connectivity index (χ1) is 11.3. The van der Waals surface area contributed by atoms with E-state index in [2.05, 4.69) is 5.32 Å². The van der Waals surface area contributed by atoms with Crippen molar-refractivity contribution in [1.29, 1.82) is 0 Å². The molecule has 0 aliphatic rings. The van der Waals surface area contributed by atoms with Crippen LogP contribution in [0.2, 0.25) is 5.02 Å². The van der Waals surface area contributed by atoms with E-state index < -0.39 is 23.5 Å². The first-order valence-electron chi connectivity index (χ1n) is 6.75. The third kappa shape index (κ3) is 5.14. The van der Waals surface area contributed by atoms with E-state index in [0.29, 0.717) is 5.56 Å². The van der Waals surface area contributed by atoms with Crippen LogP contribution in [0.1, 0.15) is 11.1 Å². The number of halogens is 5. The number of carbonyl (C=O) groups excluding carboxylic acids is 1. The molecule has 0 aromatic heterocycles. The minimum atomic E-state index is -4.42. The van der Waals surface area contributed by atoms with Crippen LogP contribution in [0.5, 0.6) is 0 Å². The molecule has 0 bridgehead atoms. The van der Waals surface area contributed by atoms with E-state index in [9.17, 15) is 22.4 Å². The number of amides is 1. The lowest BCUT2D eigenvalue weighted by atomic mass is 10.2. The van der Waals surface area contributed by atoms with Crippen molar-refractivity contribution in [1.82, 2.24) is 0 Å². The van der Waals surface area contributed by atoms with Crippen molar-refractivity contribution in [3.05, 3.63) is 64.4 Å². The van der Waals surface area contributed by atoms with Gasteiger partial charge in [-0.3, -0.25) is 4.79 Å². The number of rotatable bonds is 5. The molecule has 2 aromatic rings. The predicted molar refractivity (Wildman–Crippen MR) is 87.6 cm³/mol. The van der Waals surface area contributed by atoms with Crippen molar-refractivity contribution in [2.24, 2.45) is 0 Å². The standard InChI is InChI=1S/C16H12ClF4NOS/c17-13-2-1-3-14(18)12(13)8-24-9-15(23)22-11-6-4-10(5-7-11)16(19,20)21/h1-7H,8-9H2,(H,22,23). The van der Waals surface area contributed by atoms with Crippen LogP contribution in [0.3, 0.4) is 0 Å². The average molecular weight is 378 g/mol. The number of carbonyl (C=O) groups is 1. The Morgan fingerprint density at radius 1 is 1.12 bits per heavy atom. The summed E-state index contributed by atoms with van der Waals surface area (Å²) in [4.78, 5) is 11.8. The number of thioether (sulfide) groups is 1. The molecule has 128 valence electrons. The average Bonchev–Trinajstić information content (AvgIpc) is 2.50. The second-order valence-electron chi connectivity index (χ2n) is 4.82. The fraction of sp³-hybridized carbons (Fsp3) is 0.188. The Morgan fingerprint density at radius 2 is 1.79 bits per heavy atom. The van der Waals surface area contributed by atoms with Crippen molar-refractivity contribution >= 4 is 35.0 Å². The van der Waals surface area contributed by atoms with Crippen molar-refractivity contribution < 1.29 is 22.4 Å². The van der Waals surface area contributed by atoms with E-state index in [1.807, 2.05) is 0 Å². The van der Waals surface area contributed by atoms with Gasteiger partial charge in [0.05, 0.1) is 11.3 Å². The summed E-state index contributed by atoms with van der Waals surface area (Å²) in [5.74, 6) is -0.608. The highest BCUT2D eigenvalue weighted by Gasteiger charge is 2.29. The SMILES string of the molecule is O=C(CSCc1c(F)cccc1Cl)Nc1ccc(C(F)(F)F)cc1. The Balaban J connectivity index is 1.85. The largest absolute Gasteiger partial charge is 0.416 e. The van der Waals surface area contributed by atoms with Gasteiger partial charge in [-0.05, 0) is 36.4 Å². The molecule has 0 saturated carbocycles. The highest BCUT2D eigenvalue weighted by molar-refractivity contribution is 7.99. The molecule has 0 atom stereocenters. The molecule has 2 aromatic carbocycles. The van der Waals surface area contributed by atoms with Crippen LogP contribution in [0, 0.1) is 5.82 Å². The molecule has 0 saturated heterocycles. The highest BCUT2D eigenvalue weighted by Crippen LogP contribution is 2.30. The van der Waals surface area contributed by atoms with Gasteiger partial charge >= 0.3 is 6.18 Å². The zero-order chi connectivity index (χ0) is 17.7. The van der Waals surface area contributed by atoms with Crippen LogP contribution in [-0.4, -0.2) is 11.7 Å². The fourth-order valence-corrected chi connectivity index (χ4v) is 3.02. The van der Waals surface area contributed by atoms with Gasteiger partial charge in [0.1, 0.15) is 5.82 Å². The molecule has 2 nitrogen and oxygen atoms in total. The summed E-state index contributed by atoms with van der Waals surface area (Å²) in [7, 11) is 0. The van der Waals surface area contributed by atoms with E-state index in [4.69, 9.17) is 11.6 Å². The third-order valence-electron chi connectivity index (χ3n) is 3.04. The molecule has 0 radical (unpaired) electrons. The number of alkyl halides is 3. The first kappa shape index (κ1) is 18.6. The lowest BCUT2D eigenvalue weighted by Crippen LogP contribution is -2.14. The van der Waals surface area contributed by atoms with E-state index >= 15 is 0 Å². The van der Waals surface area contributed by atoms with Crippen molar-refractivity contribution in [2.75, 3.05) is 11.1 Å². The summed E-state index contributed by atoms with van der Waals surface area (Å²) in [5, 5.41) is 2.77. The molecule has 0 spiro atoms. The van der Waals surface area contributed by atoms with Crippen LogP contribution < -0.4 is 5.32 Å². The monoisotopic (exact) mass is 377 g/mol. The normalized spacial score (nSPS) is 11.4. The maximum absolute atomic E-state index is 13.6. The maximum atomic E-state index is 13.6. The topological polar surface area (TPSA) is 29.1 Å². The van der Waals surface area contributed by atoms with Gasteiger partial charge < -0.3 is 5.32 Å². The van der Waals surface area contributed by atoms with Crippen molar-refractivity contribution in [2.45, 2.75) is 11.9 Å². The Labute approximate surface area is 145 Å². The summed E-state index contributed by atoms with van der Waals surface area (Å²) in [6.45, 7) is 0. The number of benzene rings is 2. The Kier molecular flexibility index (Phi) is 6.12. The molecule has 2 rings (SSSR count). The molecular formula is C16H12ClF4NOS. The van der Waals surface area contributed by atoms with Gasteiger partial charge in [-0.2, -0.15) is 13.2 Å². The van der Waals surface area contributed by atoms with Gasteiger partial charge in [0.2, 0.25) is 5.91 Å². The summed E-state index contributed by atoms with van der Waals surface area (Å²) in [6, 6.07) is 8.47. The second-order valence-corrected chi connectivity index (χ2v) is 6.21. The van der Waals surface area contributed by atoms with Gasteiger partial charge in [-0.1, -0.05) is 17.7 Å². The molecule has 1 N–H and O–H groups in total. The van der Waals surface area contributed by atoms with Crippen molar-refractivity contribution in [3.63, 3.8) is 0 Å². The zero-order valence-corrected chi connectivity index (χ0v) is 13.7. The third-order valence-corrected chi connectivity index (χ3v) is 4.35. The summed E-state index contributed by atoms with van der Waals surface area (Å²) in [6.07, 6.45) is -4.42. The Bertz CT molecular complexity index is 699. The predicted octanol–water partition coefficient (Wildman–Crippen LogP) is 5.37. The van der Waals surface area contributed by atoms with E-state index in [1.165, 1.54) is 24.3 Å². The molecule has 0 fully saturated rings. The van der Waals surface area contributed by atoms with Gasteiger partial charge in [0.25, 0.3) is 0 Å². The van der Waals surface area contributed by atoms with Crippen LogP contribution in [-0.2, 0) is 16.7 Å². The number of hydrogen-bond donors (Lipinski definition) is 1. The van der Waals surface area contributed by atoms with Crippen LogP contribution in [0.4, 0.5) is 23.2 Å². The summed E-state index contributed by atoms with van der Waals surface area (Å²) >= 11 is 7.03. The number of nitrogens with one attached hydrogen (secondary N) is 1. The molecular weight excluding hydrogens is 366 g/mol.